The number of aromatic nitrogens is 4. The zero-order chi connectivity index (χ0) is 23.8. The zero-order valence-corrected chi connectivity index (χ0v) is 19.5. The maximum atomic E-state index is 14.5. The fourth-order valence-corrected chi connectivity index (χ4v) is 4.38. The molecular weight excluding hydrogens is 437 g/mol. The molecule has 10 heteroatoms. The van der Waals surface area contributed by atoms with Crippen molar-refractivity contribution < 1.29 is 13.9 Å². The molecule has 34 heavy (non-hydrogen) atoms. The van der Waals surface area contributed by atoms with Crippen LogP contribution in [0.5, 0.6) is 0 Å². The van der Waals surface area contributed by atoms with E-state index in [0.717, 1.165) is 37.3 Å². The number of imidazole rings is 1. The molecular formula is C24H28FN7O2. The Balaban J connectivity index is 1.52. The second kappa shape index (κ2) is 9.03. The van der Waals surface area contributed by atoms with Crippen molar-refractivity contribution in [1.82, 2.24) is 24.5 Å². The van der Waals surface area contributed by atoms with Crippen LogP contribution in [0.1, 0.15) is 23.0 Å². The first-order valence-corrected chi connectivity index (χ1v) is 11.4. The van der Waals surface area contributed by atoms with Crippen molar-refractivity contribution in [1.29, 1.82) is 0 Å². The Hall–Kier alpha value is -3.50. The molecule has 0 radical (unpaired) electrons. The van der Waals surface area contributed by atoms with Gasteiger partial charge in [0, 0.05) is 69.0 Å². The van der Waals surface area contributed by atoms with Crippen LogP contribution in [-0.4, -0.2) is 64.5 Å². The van der Waals surface area contributed by atoms with E-state index in [1.165, 1.54) is 6.07 Å². The van der Waals surface area contributed by atoms with Gasteiger partial charge in [0.05, 0.1) is 29.6 Å². The number of hydrogen-bond acceptors (Lipinski definition) is 6. The number of halogens is 1. The summed E-state index contributed by atoms with van der Waals surface area (Å²) >= 11 is 0. The van der Waals surface area contributed by atoms with E-state index in [2.05, 4.69) is 20.5 Å². The number of methoxy groups -OCH3 is 1. The van der Waals surface area contributed by atoms with Gasteiger partial charge in [0.2, 0.25) is 0 Å². The first-order chi connectivity index (χ1) is 16.4. The lowest BCUT2D eigenvalue weighted by molar-refractivity contribution is 0.100. The minimum atomic E-state index is -0.497. The molecule has 4 heterocycles. The van der Waals surface area contributed by atoms with Gasteiger partial charge in [0.1, 0.15) is 5.52 Å². The predicted molar refractivity (Wildman–Crippen MR) is 129 cm³/mol. The molecule has 0 aliphatic carbocycles. The lowest BCUT2D eigenvalue weighted by atomic mass is 10.1. The van der Waals surface area contributed by atoms with Crippen LogP contribution in [0.15, 0.2) is 36.8 Å². The van der Waals surface area contributed by atoms with Crippen LogP contribution >= 0.6 is 0 Å². The number of anilines is 2. The number of hydrogen-bond donors (Lipinski definition) is 2. The molecule has 5 rings (SSSR count). The number of nitrogens with one attached hydrogen (secondary N) is 2. The number of fused-ring (bicyclic) bond motifs is 2. The van der Waals surface area contributed by atoms with Crippen molar-refractivity contribution in [2.24, 2.45) is 0 Å². The van der Waals surface area contributed by atoms with Crippen LogP contribution in [0.25, 0.3) is 16.6 Å². The molecule has 1 aliphatic rings. The van der Waals surface area contributed by atoms with Crippen molar-refractivity contribution in [3.8, 4) is 0 Å². The molecule has 9 nitrogen and oxygen atoms in total. The Labute approximate surface area is 196 Å². The van der Waals surface area contributed by atoms with Crippen LogP contribution in [0.3, 0.4) is 0 Å². The summed E-state index contributed by atoms with van der Waals surface area (Å²) in [5.74, 6) is -0.847. The summed E-state index contributed by atoms with van der Waals surface area (Å²) in [5, 5.41) is 11.8. The Kier molecular flexibility index (Phi) is 5.93. The average molecular weight is 466 g/mol. The SMILES string of the molecule is CO[C@@H](C)Cn1cc2c(N3CCNCC3)ccc(C(=O)Nc3cc(F)c4nc(C)cn4c3)c2n1. The minimum Gasteiger partial charge on any atom is -0.380 e. The molecule has 1 atom stereocenters. The number of aryl methyl sites for hydroxylation is 1. The smallest absolute Gasteiger partial charge is 0.257 e. The summed E-state index contributed by atoms with van der Waals surface area (Å²) in [5.41, 5.74) is 3.36. The third-order valence-corrected chi connectivity index (χ3v) is 6.13. The van der Waals surface area contributed by atoms with Gasteiger partial charge in [0.25, 0.3) is 5.91 Å². The molecule has 1 aromatic carbocycles. The lowest BCUT2D eigenvalue weighted by Crippen LogP contribution is -2.43. The molecule has 2 N–H and O–H groups in total. The second-order valence-corrected chi connectivity index (χ2v) is 8.67. The summed E-state index contributed by atoms with van der Waals surface area (Å²) in [6.45, 7) is 7.89. The highest BCUT2D eigenvalue weighted by atomic mass is 19.1. The molecule has 0 unspecified atom stereocenters. The quantitative estimate of drug-likeness (QED) is 0.455. The minimum absolute atomic E-state index is 0.0254. The molecule has 1 saturated heterocycles. The third kappa shape index (κ3) is 4.22. The predicted octanol–water partition coefficient (Wildman–Crippen LogP) is 2.83. The van der Waals surface area contributed by atoms with E-state index in [4.69, 9.17) is 9.84 Å². The van der Waals surface area contributed by atoms with Gasteiger partial charge in [-0.3, -0.25) is 9.48 Å². The molecule has 0 saturated carbocycles. The first-order valence-electron chi connectivity index (χ1n) is 11.4. The van der Waals surface area contributed by atoms with E-state index in [1.807, 2.05) is 23.9 Å². The highest BCUT2D eigenvalue weighted by Gasteiger charge is 2.21. The normalized spacial score (nSPS) is 15.2. The Morgan fingerprint density at radius 2 is 2.06 bits per heavy atom. The Bertz CT molecular complexity index is 1360. The summed E-state index contributed by atoms with van der Waals surface area (Å²) in [6.07, 6.45) is 5.32. The fraction of sp³-hybridized carbons (Fsp3) is 0.375. The number of carbonyl (C=O) groups is 1. The first kappa shape index (κ1) is 22.3. The maximum Gasteiger partial charge on any atom is 0.257 e. The fourth-order valence-electron chi connectivity index (χ4n) is 4.38. The summed E-state index contributed by atoms with van der Waals surface area (Å²) < 4.78 is 23.3. The van der Waals surface area contributed by atoms with E-state index in [0.29, 0.717) is 29.0 Å². The zero-order valence-electron chi connectivity index (χ0n) is 19.5. The average Bonchev–Trinajstić information content (AvgIpc) is 3.41. The van der Waals surface area contributed by atoms with Gasteiger partial charge >= 0.3 is 0 Å². The Morgan fingerprint density at radius 3 is 2.82 bits per heavy atom. The van der Waals surface area contributed by atoms with Gasteiger partial charge in [-0.05, 0) is 26.0 Å². The molecule has 4 aromatic rings. The maximum absolute atomic E-state index is 14.5. The summed E-state index contributed by atoms with van der Waals surface area (Å²) in [6, 6.07) is 5.05. The third-order valence-electron chi connectivity index (χ3n) is 6.13. The number of rotatable bonds is 6. The largest absolute Gasteiger partial charge is 0.380 e. The number of ether oxygens (including phenoxy) is 1. The highest BCUT2D eigenvalue weighted by Crippen LogP contribution is 2.30. The number of amides is 1. The van der Waals surface area contributed by atoms with Gasteiger partial charge in [-0.1, -0.05) is 0 Å². The molecule has 3 aromatic heterocycles. The van der Waals surface area contributed by atoms with E-state index in [9.17, 15) is 9.18 Å². The number of benzene rings is 1. The van der Waals surface area contributed by atoms with Crippen LogP contribution in [0, 0.1) is 12.7 Å². The van der Waals surface area contributed by atoms with Gasteiger partial charge in [-0.15, -0.1) is 0 Å². The van der Waals surface area contributed by atoms with Crippen molar-refractivity contribution in [3.05, 3.63) is 53.9 Å². The molecule has 1 fully saturated rings. The van der Waals surface area contributed by atoms with E-state index >= 15 is 0 Å². The van der Waals surface area contributed by atoms with Gasteiger partial charge in [-0.2, -0.15) is 5.10 Å². The molecule has 0 bridgehead atoms. The van der Waals surface area contributed by atoms with E-state index in [-0.39, 0.29) is 17.7 Å². The molecule has 0 spiro atoms. The molecule has 1 amide bonds. The van der Waals surface area contributed by atoms with Crippen molar-refractivity contribution in [2.45, 2.75) is 26.5 Å². The van der Waals surface area contributed by atoms with E-state index in [1.54, 1.807) is 36.9 Å². The topological polar surface area (TPSA) is 88.7 Å². The standard InChI is InChI=1S/C24H28FN7O2/c1-15-11-31-13-17(10-20(25)23(31)27-15)28-24(33)18-4-5-21(30-8-6-26-7-9-30)19-14-32(29-22(18)19)12-16(2)34-3/h4-5,10-11,13-14,16,26H,6-9,12H2,1-3H3,(H,28,33)/t16-/m0/s1. The summed E-state index contributed by atoms with van der Waals surface area (Å²) in [7, 11) is 1.66. The van der Waals surface area contributed by atoms with Crippen LogP contribution in [-0.2, 0) is 11.3 Å². The Morgan fingerprint density at radius 1 is 1.26 bits per heavy atom. The van der Waals surface area contributed by atoms with E-state index < -0.39 is 5.82 Å². The van der Waals surface area contributed by atoms with Gasteiger partial charge in [0.15, 0.2) is 11.5 Å². The second-order valence-electron chi connectivity index (χ2n) is 8.67. The van der Waals surface area contributed by atoms with Gasteiger partial charge < -0.3 is 24.7 Å². The highest BCUT2D eigenvalue weighted by molar-refractivity contribution is 6.13. The number of piperazine rings is 1. The van der Waals surface area contributed by atoms with Crippen molar-refractivity contribution in [3.63, 3.8) is 0 Å². The monoisotopic (exact) mass is 465 g/mol. The number of nitrogens with zero attached hydrogens (tertiary/aromatic N) is 5. The lowest BCUT2D eigenvalue weighted by Gasteiger charge is -2.30. The summed E-state index contributed by atoms with van der Waals surface area (Å²) in [4.78, 5) is 19.8. The van der Waals surface area contributed by atoms with Gasteiger partial charge in [-0.25, -0.2) is 9.37 Å². The van der Waals surface area contributed by atoms with Crippen molar-refractivity contribution in [2.75, 3.05) is 43.5 Å². The van der Waals surface area contributed by atoms with Crippen LogP contribution in [0.4, 0.5) is 15.8 Å². The number of carbonyl (C=O) groups excluding carboxylic acids is 1. The van der Waals surface area contributed by atoms with Crippen LogP contribution < -0.4 is 15.5 Å². The van der Waals surface area contributed by atoms with Crippen molar-refractivity contribution >= 4 is 33.8 Å². The van der Waals surface area contributed by atoms with Crippen LogP contribution in [0.2, 0.25) is 0 Å². The number of pyridine rings is 1. The molecule has 178 valence electrons. The molecule has 1 aliphatic heterocycles.